The highest BCUT2D eigenvalue weighted by atomic mass is 16.2. The molecule has 0 spiro atoms. The number of fused-ring (bicyclic) bond motifs is 1. The summed E-state index contributed by atoms with van der Waals surface area (Å²) in [6.07, 6.45) is 4.75. The van der Waals surface area contributed by atoms with Crippen molar-refractivity contribution in [1.29, 1.82) is 0 Å². The SMILES string of the molecule is CC1CN2CCCC2CN1C(=O)[C@@H]1CCCN1. The fraction of sp³-hybridized carbons (Fsp3) is 0.923. The van der Waals surface area contributed by atoms with Gasteiger partial charge in [0.1, 0.15) is 0 Å². The van der Waals surface area contributed by atoms with Crippen LogP contribution in [0.1, 0.15) is 32.6 Å². The molecule has 17 heavy (non-hydrogen) atoms. The minimum absolute atomic E-state index is 0.102. The average molecular weight is 237 g/mol. The van der Waals surface area contributed by atoms with Crippen molar-refractivity contribution in [2.75, 3.05) is 26.2 Å². The number of rotatable bonds is 1. The second kappa shape index (κ2) is 4.58. The summed E-state index contributed by atoms with van der Waals surface area (Å²) in [6.45, 7) is 6.47. The van der Waals surface area contributed by atoms with Crippen LogP contribution in [0.5, 0.6) is 0 Å². The minimum atomic E-state index is 0.102. The Morgan fingerprint density at radius 2 is 2.12 bits per heavy atom. The number of nitrogens with one attached hydrogen (secondary N) is 1. The fourth-order valence-corrected chi connectivity index (χ4v) is 3.59. The molecule has 3 heterocycles. The zero-order valence-electron chi connectivity index (χ0n) is 10.7. The smallest absolute Gasteiger partial charge is 0.240 e. The van der Waals surface area contributed by atoms with Gasteiger partial charge in [0.25, 0.3) is 0 Å². The third kappa shape index (κ3) is 2.08. The lowest BCUT2D eigenvalue weighted by atomic mass is 10.1. The number of hydrogen-bond donors (Lipinski definition) is 1. The standard InChI is InChI=1S/C13H23N3O/c1-10-8-15-7-3-4-11(15)9-16(10)13(17)12-5-2-6-14-12/h10-12,14H,2-9H2,1H3/t10?,11?,12-/m0/s1. The van der Waals surface area contributed by atoms with Crippen molar-refractivity contribution in [1.82, 2.24) is 15.1 Å². The normalized spacial score (nSPS) is 38.4. The molecule has 0 radical (unpaired) electrons. The monoisotopic (exact) mass is 237 g/mol. The zero-order chi connectivity index (χ0) is 11.8. The van der Waals surface area contributed by atoms with Gasteiger partial charge in [-0.3, -0.25) is 9.69 Å². The number of hydrogen-bond acceptors (Lipinski definition) is 3. The molecular formula is C13H23N3O. The van der Waals surface area contributed by atoms with Crippen molar-refractivity contribution in [3.63, 3.8) is 0 Å². The van der Waals surface area contributed by atoms with Crippen molar-refractivity contribution in [2.24, 2.45) is 0 Å². The Bertz CT molecular complexity index is 301. The second-order valence-corrected chi connectivity index (χ2v) is 5.78. The number of piperazine rings is 1. The lowest BCUT2D eigenvalue weighted by Gasteiger charge is -2.43. The van der Waals surface area contributed by atoms with Gasteiger partial charge in [-0.1, -0.05) is 0 Å². The summed E-state index contributed by atoms with van der Waals surface area (Å²) < 4.78 is 0. The molecule has 0 aromatic carbocycles. The van der Waals surface area contributed by atoms with E-state index in [0.29, 0.717) is 18.0 Å². The summed E-state index contributed by atoms with van der Waals surface area (Å²) in [7, 11) is 0. The van der Waals surface area contributed by atoms with Gasteiger partial charge in [-0.2, -0.15) is 0 Å². The van der Waals surface area contributed by atoms with Crippen LogP contribution in [0.2, 0.25) is 0 Å². The molecule has 1 amide bonds. The largest absolute Gasteiger partial charge is 0.336 e. The van der Waals surface area contributed by atoms with Gasteiger partial charge < -0.3 is 10.2 Å². The molecule has 1 N–H and O–H groups in total. The van der Waals surface area contributed by atoms with E-state index >= 15 is 0 Å². The molecule has 3 saturated heterocycles. The van der Waals surface area contributed by atoms with Crippen molar-refractivity contribution in [2.45, 2.75) is 50.7 Å². The molecule has 0 aromatic rings. The predicted molar refractivity (Wildman–Crippen MR) is 66.8 cm³/mol. The molecule has 4 heteroatoms. The van der Waals surface area contributed by atoms with E-state index in [1.54, 1.807) is 0 Å². The van der Waals surface area contributed by atoms with E-state index in [4.69, 9.17) is 0 Å². The van der Waals surface area contributed by atoms with Crippen molar-refractivity contribution < 1.29 is 4.79 Å². The summed E-state index contributed by atoms with van der Waals surface area (Å²) in [5.41, 5.74) is 0. The summed E-state index contributed by atoms with van der Waals surface area (Å²) >= 11 is 0. The van der Waals surface area contributed by atoms with Crippen LogP contribution in [-0.4, -0.2) is 60.0 Å². The Morgan fingerprint density at radius 1 is 1.24 bits per heavy atom. The van der Waals surface area contributed by atoms with Crippen LogP contribution < -0.4 is 5.32 Å². The summed E-state index contributed by atoms with van der Waals surface area (Å²) in [5, 5.41) is 3.33. The van der Waals surface area contributed by atoms with Gasteiger partial charge in [-0.15, -0.1) is 0 Å². The molecule has 3 fully saturated rings. The first kappa shape index (κ1) is 11.5. The van der Waals surface area contributed by atoms with Gasteiger partial charge >= 0.3 is 0 Å². The van der Waals surface area contributed by atoms with E-state index in [2.05, 4.69) is 22.0 Å². The van der Waals surface area contributed by atoms with Crippen molar-refractivity contribution in [3.8, 4) is 0 Å². The molecular weight excluding hydrogens is 214 g/mol. The Morgan fingerprint density at radius 3 is 2.88 bits per heavy atom. The van der Waals surface area contributed by atoms with E-state index < -0.39 is 0 Å². The molecule has 3 atom stereocenters. The van der Waals surface area contributed by atoms with Gasteiger partial charge in [0.2, 0.25) is 5.91 Å². The lowest BCUT2D eigenvalue weighted by molar-refractivity contribution is -0.138. The van der Waals surface area contributed by atoms with Crippen LogP contribution in [0.25, 0.3) is 0 Å². The highest BCUT2D eigenvalue weighted by molar-refractivity contribution is 5.82. The van der Waals surface area contributed by atoms with E-state index in [1.165, 1.54) is 19.4 Å². The molecule has 96 valence electrons. The van der Waals surface area contributed by atoms with Gasteiger partial charge in [-0.25, -0.2) is 0 Å². The van der Waals surface area contributed by atoms with Crippen LogP contribution >= 0.6 is 0 Å². The first-order valence-corrected chi connectivity index (χ1v) is 7.03. The quantitative estimate of drug-likeness (QED) is 0.718. The molecule has 0 aromatic heterocycles. The van der Waals surface area contributed by atoms with Crippen LogP contribution in [0.3, 0.4) is 0 Å². The number of carbonyl (C=O) groups is 1. The molecule has 0 bridgehead atoms. The topological polar surface area (TPSA) is 35.6 Å². The minimum Gasteiger partial charge on any atom is -0.336 e. The highest BCUT2D eigenvalue weighted by Crippen LogP contribution is 2.25. The maximum absolute atomic E-state index is 12.4. The Kier molecular flexibility index (Phi) is 3.09. The maximum atomic E-state index is 12.4. The van der Waals surface area contributed by atoms with Gasteiger partial charge in [0.05, 0.1) is 6.04 Å². The summed E-state index contributed by atoms with van der Waals surface area (Å²) in [6, 6.07) is 1.13. The van der Waals surface area contributed by atoms with Crippen LogP contribution in [-0.2, 0) is 4.79 Å². The first-order chi connectivity index (χ1) is 8.25. The zero-order valence-corrected chi connectivity index (χ0v) is 10.7. The van der Waals surface area contributed by atoms with Crippen LogP contribution in [0, 0.1) is 0 Å². The van der Waals surface area contributed by atoms with E-state index in [9.17, 15) is 4.79 Å². The van der Waals surface area contributed by atoms with E-state index in [1.807, 2.05) is 0 Å². The Balaban J connectivity index is 1.67. The maximum Gasteiger partial charge on any atom is 0.240 e. The number of nitrogens with zero attached hydrogens (tertiary/aromatic N) is 2. The van der Waals surface area contributed by atoms with E-state index in [-0.39, 0.29) is 6.04 Å². The van der Waals surface area contributed by atoms with Crippen molar-refractivity contribution in [3.05, 3.63) is 0 Å². The van der Waals surface area contributed by atoms with Crippen molar-refractivity contribution >= 4 is 5.91 Å². The Hall–Kier alpha value is -0.610. The summed E-state index contributed by atoms with van der Waals surface area (Å²) in [4.78, 5) is 17.1. The third-order valence-corrected chi connectivity index (χ3v) is 4.58. The first-order valence-electron chi connectivity index (χ1n) is 7.03. The summed E-state index contributed by atoms with van der Waals surface area (Å²) in [5.74, 6) is 0.349. The van der Waals surface area contributed by atoms with Gasteiger partial charge in [-0.05, 0) is 45.7 Å². The van der Waals surface area contributed by atoms with Crippen LogP contribution in [0.4, 0.5) is 0 Å². The molecule has 4 nitrogen and oxygen atoms in total. The molecule has 0 aliphatic carbocycles. The van der Waals surface area contributed by atoms with Crippen LogP contribution in [0.15, 0.2) is 0 Å². The molecule has 3 aliphatic heterocycles. The lowest BCUT2D eigenvalue weighted by Crippen LogP contribution is -2.59. The Labute approximate surface area is 103 Å². The number of carbonyl (C=O) groups excluding carboxylic acids is 1. The molecule has 2 unspecified atom stereocenters. The average Bonchev–Trinajstić information content (AvgIpc) is 2.97. The molecule has 3 aliphatic rings. The predicted octanol–water partition coefficient (Wildman–Crippen LogP) is 0.433. The fourth-order valence-electron chi connectivity index (χ4n) is 3.59. The molecule has 0 saturated carbocycles. The van der Waals surface area contributed by atoms with E-state index in [0.717, 1.165) is 32.5 Å². The molecule has 3 rings (SSSR count). The highest BCUT2D eigenvalue weighted by Gasteiger charge is 2.38. The van der Waals surface area contributed by atoms with Gasteiger partial charge in [0, 0.05) is 25.2 Å². The number of amides is 1. The third-order valence-electron chi connectivity index (χ3n) is 4.58. The second-order valence-electron chi connectivity index (χ2n) is 5.78. The van der Waals surface area contributed by atoms with Gasteiger partial charge in [0.15, 0.2) is 0 Å².